The average Bonchev–Trinajstić information content (AvgIpc) is 2.87. The van der Waals surface area contributed by atoms with Gasteiger partial charge in [0, 0.05) is 24.1 Å². The van der Waals surface area contributed by atoms with E-state index < -0.39 is 16.8 Å². The first-order valence-corrected chi connectivity index (χ1v) is 7.08. The van der Waals surface area contributed by atoms with Gasteiger partial charge in [-0.2, -0.15) is 11.8 Å². The van der Waals surface area contributed by atoms with Crippen LogP contribution in [0.5, 0.6) is 0 Å². The number of H-pyrrole nitrogens is 1. The lowest BCUT2D eigenvalue weighted by Crippen LogP contribution is -2.47. The normalized spacial score (nSPS) is 18.8. The molecule has 1 aromatic heterocycles. The fraction of sp³-hybridized carbons (Fsp3) is 0.455. The number of thioether (sulfide) groups is 1. The Balaban J connectivity index is 2.15. The Labute approximate surface area is 118 Å². The molecule has 1 amide bonds. The second-order valence-corrected chi connectivity index (χ2v) is 5.49. The molecule has 1 aliphatic rings. The molecule has 1 saturated heterocycles. The molecule has 108 valence electrons. The molecule has 2 heterocycles. The summed E-state index contributed by atoms with van der Waals surface area (Å²) in [6, 6.07) is 2.18. The Kier molecular flexibility index (Phi) is 4.28. The number of carboxylic acid groups (broad SMARTS) is 1. The largest absolute Gasteiger partial charge is 0.481 e. The van der Waals surface area contributed by atoms with Gasteiger partial charge in [0.25, 0.3) is 5.91 Å². The first-order chi connectivity index (χ1) is 9.49. The number of rotatable bonds is 4. The maximum atomic E-state index is 12.3. The molecule has 0 spiro atoms. The summed E-state index contributed by atoms with van der Waals surface area (Å²) in [4.78, 5) is 37.0. The molecular weight excluding hydrogens is 286 g/mol. The highest BCUT2D eigenvalue weighted by molar-refractivity contribution is 7.99. The van der Waals surface area contributed by atoms with Crippen LogP contribution in [0.4, 0.5) is 5.82 Å². The molecule has 1 atom stereocenters. The van der Waals surface area contributed by atoms with Crippen LogP contribution < -0.4 is 0 Å². The van der Waals surface area contributed by atoms with Gasteiger partial charge in [-0.3, -0.25) is 9.59 Å². The van der Waals surface area contributed by atoms with E-state index in [1.54, 1.807) is 11.8 Å². The number of aromatic nitrogens is 1. The molecular formula is C11H13N3O5S. The number of aliphatic carboxylic acids is 1. The molecule has 0 bridgehead atoms. The van der Waals surface area contributed by atoms with Crippen molar-refractivity contribution in [2.75, 3.05) is 18.1 Å². The van der Waals surface area contributed by atoms with Crippen LogP contribution in [0.15, 0.2) is 12.1 Å². The van der Waals surface area contributed by atoms with Crippen molar-refractivity contribution in [2.45, 2.75) is 12.5 Å². The molecule has 1 aliphatic heterocycles. The summed E-state index contributed by atoms with van der Waals surface area (Å²) >= 11 is 1.60. The molecule has 9 heteroatoms. The second kappa shape index (κ2) is 5.95. The molecule has 0 aromatic carbocycles. The predicted molar refractivity (Wildman–Crippen MR) is 71.8 cm³/mol. The summed E-state index contributed by atoms with van der Waals surface area (Å²) in [6.07, 6.45) is -0.123. The number of nitro groups is 1. The standard InChI is InChI=1S/C11H13N3O5S/c15-10(16)5-7-6-20-4-3-13(7)11(17)8-1-2-9(12-8)14(18)19/h1-2,7,12H,3-6H2,(H,15,16). The zero-order valence-corrected chi connectivity index (χ0v) is 11.3. The van der Waals surface area contributed by atoms with E-state index in [-0.39, 0.29) is 24.0 Å². The predicted octanol–water partition coefficient (Wildman–Crippen LogP) is 0.955. The van der Waals surface area contributed by atoms with Crippen molar-refractivity contribution < 1.29 is 19.6 Å². The lowest BCUT2D eigenvalue weighted by atomic mass is 10.2. The number of hydrogen-bond acceptors (Lipinski definition) is 5. The number of carbonyl (C=O) groups excluding carboxylic acids is 1. The van der Waals surface area contributed by atoms with Crippen LogP contribution in [0.1, 0.15) is 16.9 Å². The lowest BCUT2D eigenvalue weighted by Gasteiger charge is -2.33. The van der Waals surface area contributed by atoms with Crippen LogP contribution in [-0.4, -0.2) is 55.9 Å². The van der Waals surface area contributed by atoms with E-state index >= 15 is 0 Å². The van der Waals surface area contributed by atoms with Crippen molar-refractivity contribution >= 4 is 29.5 Å². The van der Waals surface area contributed by atoms with Gasteiger partial charge in [-0.25, -0.2) is 4.98 Å². The Bertz CT molecular complexity index is 544. The summed E-state index contributed by atoms with van der Waals surface area (Å²) in [5, 5.41) is 19.5. The van der Waals surface area contributed by atoms with E-state index in [0.717, 1.165) is 5.75 Å². The topological polar surface area (TPSA) is 117 Å². The smallest absolute Gasteiger partial charge is 0.321 e. The summed E-state index contributed by atoms with van der Waals surface area (Å²) in [5.41, 5.74) is 0.110. The van der Waals surface area contributed by atoms with Crippen LogP contribution in [0, 0.1) is 10.1 Å². The Morgan fingerprint density at radius 2 is 2.30 bits per heavy atom. The van der Waals surface area contributed by atoms with Crippen molar-refractivity contribution in [3.05, 3.63) is 27.9 Å². The van der Waals surface area contributed by atoms with Gasteiger partial charge < -0.3 is 20.1 Å². The molecule has 20 heavy (non-hydrogen) atoms. The SMILES string of the molecule is O=C(O)CC1CSCCN1C(=O)c1ccc([N+](=O)[O-])[nH]1. The number of amides is 1. The van der Waals surface area contributed by atoms with E-state index in [0.29, 0.717) is 12.3 Å². The minimum Gasteiger partial charge on any atom is -0.481 e. The number of hydrogen-bond donors (Lipinski definition) is 2. The third-order valence-electron chi connectivity index (χ3n) is 3.00. The van der Waals surface area contributed by atoms with Gasteiger partial charge in [-0.05, 0) is 11.0 Å². The molecule has 2 N–H and O–H groups in total. The van der Waals surface area contributed by atoms with Crippen LogP contribution in [0.25, 0.3) is 0 Å². The highest BCUT2D eigenvalue weighted by Gasteiger charge is 2.31. The Hall–Kier alpha value is -2.03. The van der Waals surface area contributed by atoms with Crippen LogP contribution in [0.2, 0.25) is 0 Å². The molecule has 2 rings (SSSR count). The highest BCUT2D eigenvalue weighted by Crippen LogP contribution is 2.22. The van der Waals surface area contributed by atoms with E-state index in [1.807, 2.05) is 0 Å². The second-order valence-electron chi connectivity index (χ2n) is 4.34. The summed E-state index contributed by atoms with van der Waals surface area (Å²) in [7, 11) is 0. The number of carbonyl (C=O) groups is 2. The molecule has 1 aromatic rings. The van der Waals surface area contributed by atoms with E-state index in [4.69, 9.17) is 5.11 Å². The third kappa shape index (κ3) is 3.10. The van der Waals surface area contributed by atoms with E-state index in [2.05, 4.69) is 4.98 Å². The molecule has 0 saturated carbocycles. The van der Waals surface area contributed by atoms with Crippen molar-refractivity contribution in [2.24, 2.45) is 0 Å². The van der Waals surface area contributed by atoms with Gasteiger partial charge in [0.1, 0.15) is 0 Å². The molecule has 0 aliphatic carbocycles. The minimum atomic E-state index is -0.965. The van der Waals surface area contributed by atoms with Gasteiger partial charge in [0.15, 0.2) is 5.69 Å². The van der Waals surface area contributed by atoms with Gasteiger partial charge in [0.2, 0.25) is 0 Å². The van der Waals surface area contributed by atoms with Crippen molar-refractivity contribution in [3.63, 3.8) is 0 Å². The van der Waals surface area contributed by atoms with E-state index in [9.17, 15) is 19.7 Å². The third-order valence-corrected chi connectivity index (χ3v) is 4.09. The minimum absolute atomic E-state index is 0.110. The summed E-state index contributed by atoms with van der Waals surface area (Å²) in [6.45, 7) is 0.439. The lowest BCUT2D eigenvalue weighted by molar-refractivity contribution is -0.389. The highest BCUT2D eigenvalue weighted by atomic mass is 32.2. The molecule has 0 radical (unpaired) electrons. The molecule has 1 unspecified atom stereocenters. The number of carboxylic acids is 1. The quantitative estimate of drug-likeness (QED) is 0.631. The zero-order valence-electron chi connectivity index (χ0n) is 10.4. The maximum absolute atomic E-state index is 12.3. The number of nitrogens with one attached hydrogen (secondary N) is 1. The van der Waals surface area contributed by atoms with Gasteiger partial charge in [-0.15, -0.1) is 0 Å². The first kappa shape index (κ1) is 14.4. The fourth-order valence-electron chi connectivity index (χ4n) is 2.06. The van der Waals surface area contributed by atoms with Crippen molar-refractivity contribution in [1.82, 2.24) is 9.88 Å². The number of nitrogens with zero attached hydrogens (tertiary/aromatic N) is 2. The maximum Gasteiger partial charge on any atom is 0.321 e. The van der Waals surface area contributed by atoms with Crippen molar-refractivity contribution in [3.8, 4) is 0 Å². The van der Waals surface area contributed by atoms with E-state index in [1.165, 1.54) is 17.0 Å². The van der Waals surface area contributed by atoms with Gasteiger partial charge in [0.05, 0.1) is 12.5 Å². The zero-order chi connectivity index (χ0) is 14.7. The van der Waals surface area contributed by atoms with Crippen molar-refractivity contribution in [1.29, 1.82) is 0 Å². The first-order valence-electron chi connectivity index (χ1n) is 5.93. The Morgan fingerprint density at radius 3 is 2.90 bits per heavy atom. The monoisotopic (exact) mass is 299 g/mol. The fourth-order valence-corrected chi connectivity index (χ4v) is 3.12. The summed E-state index contributed by atoms with van der Waals surface area (Å²) < 4.78 is 0. The molecule has 8 nitrogen and oxygen atoms in total. The van der Waals surface area contributed by atoms with Crippen LogP contribution in [0.3, 0.4) is 0 Å². The van der Waals surface area contributed by atoms with Gasteiger partial charge in [-0.1, -0.05) is 0 Å². The summed E-state index contributed by atoms with van der Waals surface area (Å²) in [5.74, 6) is -0.335. The Morgan fingerprint density at radius 1 is 1.55 bits per heavy atom. The van der Waals surface area contributed by atoms with Crippen LogP contribution >= 0.6 is 11.8 Å². The van der Waals surface area contributed by atoms with Crippen LogP contribution in [-0.2, 0) is 4.79 Å². The van der Waals surface area contributed by atoms with Gasteiger partial charge >= 0.3 is 11.8 Å². The number of aromatic amines is 1. The average molecular weight is 299 g/mol. The molecule has 1 fully saturated rings.